The van der Waals surface area contributed by atoms with Crippen molar-refractivity contribution in [3.63, 3.8) is 0 Å². The van der Waals surface area contributed by atoms with Crippen molar-refractivity contribution >= 4 is 11.6 Å². The van der Waals surface area contributed by atoms with Gasteiger partial charge in [0.2, 0.25) is 5.88 Å². The molecule has 4 aromatic rings. The van der Waals surface area contributed by atoms with E-state index in [-0.39, 0.29) is 92.0 Å². The van der Waals surface area contributed by atoms with E-state index in [1.807, 2.05) is 36.5 Å². The van der Waals surface area contributed by atoms with E-state index in [1.165, 1.54) is 49.2 Å². The van der Waals surface area contributed by atoms with Gasteiger partial charge in [0.1, 0.15) is 23.0 Å². The third kappa shape index (κ3) is 10.7. The van der Waals surface area contributed by atoms with Crippen molar-refractivity contribution in [3.05, 3.63) is 102 Å². The molecule has 4 aliphatic carbocycles. The van der Waals surface area contributed by atoms with Crippen LogP contribution in [0.15, 0.2) is 85.2 Å². The minimum atomic E-state index is -0.193. The van der Waals surface area contributed by atoms with Crippen molar-refractivity contribution in [2.45, 2.75) is 125 Å². The molecule has 0 unspecified atom stereocenters. The fourth-order valence-electron chi connectivity index (χ4n) is 13.3. The highest BCUT2D eigenvalue weighted by Gasteiger charge is 2.59. The first-order chi connectivity index (χ1) is 30.6. The first kappa shape index (κ1) is 49.4. The molecule has 2 aromatic heterocycles. The largest absolute Gasteiger partial charge is 0.508 e. The molecule has 0 amide bonds. The molecule has 0 spiro atoms. The van der Waals surface area contributed by atoms with Crippen LogP contribution in [0.1, 0.15) is 133 Å². The zero-order valence-electron chi connectivity index (χ0n) is 40.1. The number of rotatable bonds is 8. The number of benzene rings is 2. The van der Waals surface area contributed by atoms with Crippen molar-refractivity contribution < 1.29 is 34.8 Å². The molecule has 352 valence electrons. The van der Waals surface area contributed by atoms with Gasteiger partial charge >= 0.3 is 0 Å². The Morgan fingerprint density at radius 3 is 1.55 bits per heavy atom. The van der Waals surface area contributed by atoms with E-state index < -0.39 is 0 Å². The molecule has 0 saturated heterocycles. The number of carbonyl (C=O) groups excluding carboxylic acids is 2. The first-order valence-corrected chi connectivity index (χ1v) is 23.6. The summed E-state index contributed by atoms with van der Waals surface area (Å²) in [6.07, 6.45) is 12.1. The lowest BCUT2D eigenvalue weighted by Gasteiger charge is -2.60. The van der Waals surface area contributed by atoms with Crippen LogP contribution in [0.25, 0.3) is 0 Å². The van der Waals surface area contributed by atoms with Crippen molar-refractivity contribution in [1.29, 1.82) is 0 Å². The second-order valence-corrected chi connectivity index (χ2v) is 21.5. The van der Waals surface area contributed by atoms with Crippen LogP contribution in [0.4, 0.5) is 0 Å². The molecule has 11 nitrogen and oxygen atoms in total. The monoisotopic (exact) mass is 891 g/mol. The quantitative estimate of drug-likeness (QED) is 0.0924. The van der Waals surface area contributed by atoms with E-state index in [0.717, 1.165) is 44.2 Å². The van der Waals surface area contributed by atoms with Crippen LogP contribution in [0.5, 0.6) is 28.9 Å². The number of nitrogens with zero attached hydrogens (tertiary/aromatic N) is 2. The van der Waals surface area contributed by atoms with E-state index in [1.54, 1.807) is 19.4 Å². The number of hydrogen-bond acceptors (Lipinski definition) is 11. The molecule has 2 aromatic carbocycles. The topological polar surface area (TPSA) is 188 Å². The summed E-state index contributed by atoms with van der Waals surface area (Å²) in [5, 5.41) is 43.4. The Morgan fingerprint density at radius 2 is 1.12 bits per heavy atom. The number of fused-ring (bicyclic) bond motifs is 2. The third-order valence-electron chi connectivity index (χ3n) is 16.4. The van der Waals surface area contributed by atoms with Gasteiger partial charge in [-0.15, -0.1) is 0 Å². The number of hydrogen-bond donors (Lipinski definition) is 6. The molecule has 2 heterocycles. The maximum absolute atomic E-state index is 13.9. The van der Waals surface area contributed by atoms with Gasteiger partial charge in [0.25, 0.3) is 0 Å². The molecule has 4 aliphatic rings. The minimum Gasteiger partial charge on any atom is -0.508 e. The first-order valence-electron chi connectivity index (χ1n) is 23.6. The minimum absolute atomic E-state index is 0.000880. The highest BCUT2D eigenvalue weighted by molar-refractivity contribution is 6.00. The van der Waals surface area contributed by atoms with Gasteiger partial charge in [-0.25, -0.2) is 4.98 Å². The second-order valence-electron chi connectivity index (χ2n) is 21.5. The van der Waals surface area contributed by atoms with E-state index in [0.29, 0.717) is 35.4 Å². The molecule has 7 N–H and O–H groups in total. The number of nitrogens with one attached hydrogen (secondary N) is 1. The molecule has 4 saturated carbocycles. The summed E-state index contributed by atoms with van der Waals surface area (Å²) in [5.74, 6) is 0.983. The average molecular weight is 891 g/mol. The number of methoxy groups -OCH3 is 1. The average Bonchev–Trinajstić information content (AvgIpc) is 3.24. The highest BCUT2D eigenvalue weighted by atomic mass is 16.5. The van der Waals surface area contributed by atoms with Crippen LogP contribution in [0.3, 0.4) is 0 Å². The van der Waals surface area contributed by atoms with Crippen molar-refractivity contribution in [2.24, 2.45) is 62.9 Å². The van der Waals surface area contributed by atoms with Gasteiger partial charge in [-0.3, -0.25) is 14.6 Å². The molecule has 0 aliphatic heterocycles. The van der Waals surface area contributed by atoms with Gasteiger partial charge in [0.15, 0.2) is 11.6 Å². The van der Waals surface area contributed by atoms with Crippen LogP contribution in [0.2, 0.25) is 0 Å². The van der Waals surface area contributed by atoms with Gasteiger partial charge in [0.05, 0.1) is 12.8 Å². The molecule has 8 rings (SSSR count). The van der Waals surface area contributed by atoms with E-state index >= 15 is 0 Å². The summed E-state index contributed by atoms with van der Waals surface area (Å²) < 4.78 is 4.80. The molecule has 10 atom stereocenters. The van der Waals surface area contributed by atoms with Crippen LogP contribution in [-0.4, -0.2) is 61.2 Å². The predicted molar refractivity (Wildman–Crippen MR) is 255 cm³/mol. The number of ketones is 2. The predicted octanol–water partition coefficient (Wildman–Crippen LogP) is 10.5. The van der Waals surface area contributed by atoms with Gasteiger partial charge in [-0.1, -0.05) is 80.4 Å². The molecule has 11 heteroatoms. The summed E-state index contributed by atoms with van der Waals surface area (Å²) in [6.45, 7) is 18.8. The van der Waals surface area contributed by atoms with E-state index in [2.05, 4.69) is 70.7 Å². The van der Waals surface area contributed by atoms with Crippen molar-refractivity contribution in [2.75, 3.05) is 7.11 Å². The molecule has 65 heavy (non-hydrogen) atoms. The van der Waals surface area contributed by atoms with Crippen molar-refractivity contribution in [3.8, 4) is 28.9 Å². The Bertz CT molecular complexity index is 2210. The van der Waals surface area contributed by atoms with E-state index in [4.69, 9.17) is 10.5 Å². The van der Waals surface area contributed by atoms with Gasteiger partial charge in [-0.05, 0) is 126 Å². The Balaban J connectivity index is 0.000000188. The zero-order valence-corrected chi connectivity index (χ0v) is 40.1. The Labute approximate surface area is 386 Å². The third-order valence-corrected chi connectivity index (χ3v) is 16.4. The highest BCUT2D eigenvalue weighted by Crippen LogP contribution is 2.63. The molecule has 0 bridgehead atoms. The normalized spacial score (nSPS) is 31.0. The number of phenolic OH excluding ortho intramolecular Hbond substituents is 4. The van der Waals surface area contributed by atoms with Crippen LogP contribution >= 0.6 is 0 Å². The fourth-order valence-corrected chi connectivity index (χ4v) is 13.3. The van der Waals surface area contributed by atoms with Crippen molar-refractivity contribution in [1.82, 2.24) is 15.3 Å². The Morgan fingerprint density at radius 1 is 0.662 bits per heavy atom. The number of nitrogens with two attached hydrogens (primary N) is 1. The van der Waals surface area contributed by atoms with Gasteiger partial charge in [-0.2, -0.15) is 0 Å². The van der Waals surface area contributed by atoms with E-state index in [9.17, 15) is 30.0 Å². The van der Waals surface area contributed by atoms with Crippen LogP contribution in [0, 0.1) is 57.2 Å². The summed E-state index contributed by atoms with van der Waals surface area (Å²) in [4.78, 5) is 35.7. The molecule has 0 radical (unpaired) electrons. The maximum atomic E-state index is 13.9. The second kappa shape index (κ2) is 19.8. The number of aromatic hydroxyl groups is 4. The standard InChI is InChI=1S/C27H36N2O3.C21H31NO3.C6H7NO/c1-17-22(29-16-19-8-5-6-11-28-19)15-23-26(2,3)9-7-10-27(23,4)24(17)25(32)18-12-20(30)14-21(31)13-18;1-12-16(22)11-17-20(2,3)6-5-7-21(17,4)18(12)19(25)13-8-14(23)10-15(24)9-13;1-8-6-4-2-3-5-7-6/h5-6,8,11-14,17,22-24,29-31H,7,9-10,15-16H2,1-4H3;8-10,12,16-18,23-24H,5-7,11,22H2,1-4H3;2-5H,1H3/t17-,22-,23+,24-,27+;12-,16-,17+,18-,21+;/m11./s1. The zero-order chi connectivity index (χ0) is 47.5. The number of phenols is 4. The lowest BCUT2D eigenvalue weighted by atomic mass is 9.45. The van der Waals surface area contributed by atoms with Gasteiger partial charge < -0.3 is 36.2 Å². The lowest BCUT2D eigenvalue weighted by Crippen LogP contribution is -2.60. The Kier molecular flexibility index (Phi) is 15.1. The fraction of sp³-hybridized carbons (Fsp3) is 0.556. The summed E-state index contributed by atoms with van der Waals surface area (Å²) in [7, 11) is 1.60. The molecular formula is C54H74N4O7. The number of aromatic nitrogens is 2. The summed E-state index contributed by atoms with van der Waals surface area (Å²) in [6, 6.07) is 20.1. The maximum Gasteiger partial charge on any atom is 0.212 e. The smallest absolute Gasteiger partial charge is 0.212 e. The van der Waals surface area contributed by atoms with Gasteiger partial charge in [0, 0.05) is 72.2 Å². The van der Waals surface area contributed by atoms with Crippen LogP contribution in [-0.2, 0) is 6.54 Å². The number of ether oxygens (including phenoxy) is 1. The summed E-state index contributed by atoms with van der Waals surface area (Å²) >= 11 is 0. The molecule has 4 fully saturated rings. The number of carbonyl (C=O) groups is 2. The number of pyridine rings is 2. The SMILES string of the molecule is COc1ccccn1.C[C@@H]1[C@H](N)C[C@H]2C(C)(C)CCC[C@]2(C)[C@H]1C(=O)c1cc(O)cc(O)c1.C[C@@H]1[C@H](NCc2ccccn2)C[C@H]2C(C)(C)CCC[C@]2(C)[C@H]1C(=O)c1cc(O)cc(O)c1. The van der Waals surface area contributed by atoms with Crippen LogP contribution < -0.4 is 15.8 Å². The number of Topliss-reactive ketones (excluding diaryl/α,β-unsaturated/α-hetero) is 2. The summed E-state index contributed by atoms with van der Waals surface area (Å²) in [5.41, 5.74) is 8.35. The lowest BCUT2D eigenvalue weighted by molar-refractivity contribution is -0.0917. The molecular weight excluding hydrogens is 817 g/mol. The Hall–Kier alpha value is -5.00.